The van der Waals surface area contributed by atoms with Gasteiger partial charge in [-0.25, -0.2) is 22.8 Å². The highest BCUT2D eigenvalue weighted by molar-refractivity contribution is 6.44. The molecular formula is C13H12ClF3O4. The normalized spacial score (nSPS) is 11.1. The molecule has 0 aliphatic rings. The standard InChI is InChI=1S/C13H12ClF3O4/c1-3-20-11(18)13(14,12(19)21-4-2)10-8(16)5-7(15)6-9(10)17/h5-6H,3-4H2,1-2H3. The summed E-state index contributed by atoms with van der Waals surface area (Å²) >= 11 is 5.83. The Morgan fingerprint density at radius 3 is 1.76 bits per heavy atom. The number of halogens is 4. The van der Waals surface area contributed by atoms with Crippen LogP contribution in [0.5, 0.6) is 0 Å². The number of hydrogen-bond donors (Lipinski definition) is 0. The summed E-state index contributed by atoms with van der Waals surface area (Å²) in [5, 5.41) is 0. The molecule has 0 saturated heterocycles. The molecule has 0 saturated carbocycles. The van der Waals surface area contributed by atoms with Crippen molar-refractivity contribution in [1.29, 1.82) is 0 Å². The first kappa shape index (κ1) is 17.3. The van der Waals surface area contributed by atoms with Gasteiger partial charge < -0.3 is 9.47 Å². The average molecular weight is 325 g/mol. The molecule has 0 atom stereocenters. The minimum atomic E-state index is -2.88. The summed E-state index contributed by atoms with van der Waals surface area (Å²) in [5.41, 5.74) is -1.14. The highest BCUT2D eigenvalue weighted by Crippen LogP contribution is 2.36. The van der Waals surface area contributed by atoms with E-state index in [4.69, 9.17) is 11.6 Å². The van der Waals surface area contributed by atoms with Gasteiger partial charge in [0.25, 0.3) is 4.87 Å². The van der Waals surface area contributed by atoms with Gasteiger partial charge in [-0.2, -0.15) is 0 Å². The van der Waals surface area contributed by atoms with Gasteiger partial charge in [0.1, 0.15) is 17.5 Å². The van der Waals surface area contributed by atoms with Crippen LogP contribution in [0, 0.1) is 17.5 Å². The fourth-order valence-corrected chi connectivity index (χ4v) is 1.91. The Morgan fingerprint density at radius 1 is 1.05 bits per heavy atom. The molecule has 0 amide bonds. The maximum atomic E-state index is 13.8. The Kier molecular flexibility index (Phi) is 5.60. The van der Waals surface area contributed by atoms with Crippen molar-refractivity contribution in [3.8, 4) is 0 Å². The van der Waals surface area contributed by atoms with Gasteiger partial charge in [-0.05, 0) is 13.8 Å². The average Bonchev–Trinajstić information content (AvgIpc) is 2.37. The SMILES string of the molecule is CCOC(=O)C(Cl)(C(=O)OCC)c1c(F)cc(F)cc1F. The summed E-state index contributed by atoms with van der Waals surface area (Å²) in [7, 11) is 0. The smallest absolute Gasteiger partial charge is 0.343 e. The number of benzene rings is 1. The van der Waals surface area contributed by atoms with Crippen LogP contribution in [-0.4, -0.2) is 25.2 Å². The topological polar surface area (TPSA) is 52.6 Å². The van der Waals surface area contributed by atoms with Crippen molar-refractivity contribution in [1.82, 2.24) is 0 Å². The van der Waals surface area contributed by atoms with Gasteiger partial charge in [0.05, 0.1) is 18.8 Å². The zero-order chi connectivity index (χ0) is 16.2. The van der Waals surface area contributed by atoms with Crippen LogP contribution in [0.25, 0.3) is 0 Å². The maximum absolute atomic E-state index is 13.8. The van der Waals surface area contributed by atoms with Crippen molar-refractivity contribution in [2.75, 3.05) is 13.2 Å². The molecule has 1 aromatic rings. The molecule has 0 aromatic heterocycles. The summed E-state index contributed by atoms with van der Waals surface area (Å²) in [5.74, 6) is -7.03. The van der Waals surface area contributed by atoms with Gasteiger partial charge in [0, 0.05) is 12.1 Å². The van der Waals surface area contributed by atoms with Gasteiger partial charge in [0.15, 0.2) is 0 Å². The highest BCUT2D eigenvalue weighted by atomic mass is 35.5. The van der Waals surface area contributed by atoms with Crippen LogP contribution in [0.15, 0.2) is 12.1 Å². The predicted octanol–water partition coefficient (Wildman–Crippen LogP) is 2.66. The molecule has 116 valence electrons. The number of ether oxygens (including phenoxy) is 2. The molecule has 0 radical (unpaired) electrons. The lowest BCUT2D eigenvalue weighted by Crippen LogP contribution is -2.43. The van der Waals surface area contributed by atoms with Crippen molar-refractivity contribution in [3.63, 3.8) is 0 Å². The zero-order valence-electron chi connectivity index (χ0n) is 11.2. The highest BCUT2D eigenvalue weighted by Gasteiger charge is 2.53. The van der Waals surface area contributed by atoms with Gasteiger partial charge in [0.2, 0.25) is 0 Å². The van der Waals surface area contributed by atoms with Gasteiger partial charge >= 0.3 is 11.9 Å². The first-order valence-corrected chi connectivity index (χ1v) is 6.35. The van der Waals surface area contributed by atoms with Crippen LogP contribution in [0.2, 0.25) is 0 Å². The number of esters is 2. The van der Waals surface area contributed by atoms with Crippen LogP contribution in [0.3, 0.4) is 0 Å². The zero-order valence-corrected chi connectivity index (χ0v) is 12.0. The van der Waals surface area contributed by atoms with E-state index in [0.717, 1.165) is 0 Å². The van der Waals surface area contributed by atoms with E-state index in [1.165, 1.54) is 13.8 Å². The summed E-state index contributed by atoms with van der Waals surface area (Å²) in [6, 6.07) is 0.599. The van der Waals surface area contributed by atoms with Crippen molar-refractivity contribution < 1.29 is 32.2 Å². The Bertz CT molecular complexity index is 521. The minimum absolute atomic E-state index is 0.183. The van der Waals surface area contributed by atoms with Crippen LogP contribution in [0.4, 0.5) is 13.2 Å². The molecule has 0 aliphatic carbocycles. The molecule has 1 rings (SSSR count). The number of rotatable bonds is 5. The molecule has 0 fully saturated rings. The second kappa shape index (κ2) is 6.80. The van der Waals surface area contributed by atoms with Crippen molar-refractivity contribution >= 4 is 23.5 Å². The lowest BCUT2D eigenvalue weighted by Gasteiger charge is -2.24. The lowest BCUT2D eigenvalue weighted by molar-refractivity contribution is -0.160. The van der Waals surface area contributed by atoms with E-state index in [-0.39, 0.29) is 13.2 Å². The van der Waals surface area contributed by atoms with Crippen LogP contribution in [0.1, 0.15) is 19.4 Å². The Labute approximate surface area is 123 Å². The third kappa shape index (κ3) is 3.29. The van der Waals surface area contributed by atoms with Gasteiger partial charge in [-0.1, -0.05) is 11.6 Å². The monoisotopic (exact) mass is 324 g/mol. The molecule has 0 heterocycles. The Hall–Kier alpha value is -1.76. The van der Waals surface area contributed by atoms with E-state index >= 15 is 0 Å². The molecule has 0 bridgehead atoms. The predicted molar refractivity (Wildman–Crippen MR) is 67.1 cm³/mol. The van der Waals surface area contributed by atoms with Crippen LogP contribution < -0.4 is 0 Å². The van der Waals surface area contributed by atoms with E-state index < -0.39 is 39.8 Å². The third-order valence-corrected chi connectivity index (χ3v) is 2.96. The molecule has 4 nitrogen and oxygen atoms in total. The van der Waals surface area contributed by atoms with Gasteiger partial charge in [-0.15, -0.1) is 0 Å². The van der Waals surface area contributed by atoms with Crippen LogP contribution >= 0.6 is 11.6 Å². The van der Waals surface area contributed by atoms with Crippen LogP contribution in [-0.2, 0) is 23.9 Å². The van der Waals surface area contributed by atoms with Gasteiger partial charge in [-0.3, -0.25) is 0 Å². The summed E-state index contributed by atoms with van der Waals surface area (Å²) in [6.45, 7) is 2.46. The number of hydrogen-bond acceptors (Lipinski definition) is 4. The number of carbonyl (C=O) groups is 2. The molecule has 21 heavy (non-hydrogen) atoms. The first-order chi connectivity index (χ1) is 9.78. The largest absolute Gasteiger partial charge is 0.464 e. The minimum Gasteiger partial charge on any atom is -0.464 e. The molecule has 0 unspecified atom stereocenters. The van der Waals surface area contributed by atoms with E-state index in [1.54, 1.807) is 0 Å². The lowest BCUT2D eigenvalue weighted by atomic mass is 9.96. The Balaban J connectivity index is 3.51. The number of carbonyl (C=O) groups excluding carboxylic acids is 2. The molecule has 0 spiro atoms. The maximum Gasteiger partial charge on any atom is 0.343 e. The molecule has 8 heteroatoms. The molecule has 1 aromatic carbocycles. The quantitative estimate of drug-likeness (QED) is 0.475. The van der Waals surface area contributed by atoms with Crippen molar-refractivity contribution in [2.24, 2.45) is 0 Å². The number of alkyl halides is 1. The first-order valence-electron chi connectivity index (χ1n) is 5.97. The third-order valence-electron chi connectivity index (χ3n) is 2.46. The summed E-state index contributed by atoms with van der Waals surface area (Å²) in [4.78, 5) is 20.9. The molecular weight excluding hydrogens is 313 g/mol. The second-order valence-corrected chi connectivity index (χ2v) is 4.41. The van der Waals surface area contributed by atoms with E-state index in [1.807, 2.05) is 0 Å². The van der Waals surface area contributed by atoms with Crippen molar-refractivity contribution in [3.05, 3.63) is 35.1 Å². The molecule has 0 N–H and O–H groups in total. The van der Waals surface area contributed by atoms with E-state index in [2.05, 4.69) is 9.47 Å². The second-order valence-electron chi connectivity index (χ2n) is 3.84. The molecule has 0 aliphatic heterocycles. The summed E-state index contributed by atoms with van der Waals surface area (Å²) < 4.78 is 49.7. The fourth-order valence-electron chi connectivity index (χ4n) is 1.62. The van der Waals surface area contributed by atoms with Crippen molar-refractivity contribution in [2.45, 2.75) is 18.7 Å². The fraction of sp³-hybridized carbons (Fsp3) is 0.385. The van der Waals surface area contributed by atoms with E-state index in [9.17, 15) is 22.8 Å². The van der Waals surface area contributed by atoms with E-state index in [0.29, 0.717) is 12.1 Å². The Morgan fingerprint density at radius 2 is 1.43 bits per heavy atom. The summed E-state index contributed by atoms with van der Waals surface area (Å²) in [6.07, 6.45) is 0.